The SMILES string of the molecule is CC(C)C.CN(C)CC(=O)N1CC(C=O)CC1C#N.CNCCO.CNc1ccccc1C.O=CCC=O. The highest BCUT2D eigenvalue weighted by Gasteiger charge is 2.34. The molecule has 0 saturated carbocycles. The van der Waals surface area contributed by atoms with Crippen LogP contribution < -0.4 is 10.6 Å². The summed E-state index contributed by atoms with van der Waals surface area (Å²) >= 11 is 0. The first-order valence-corrected chi connectivity index (χ1v) is 12.6. The van der Waals surface area contributed by atoms with Gasteiger partial charge in [-0.3, -0.25) is 4.79 Å². The molecular weight excluding hydrogens is 486 g/mol. The summed E-state index contributed by atoms with van der Waals surface area (Å²) in [6.07, 6.45) is 2.45. The number of para-hydroxylation sites is 1. The van der Waals surface area contributed by atoms with E-state index in [9.17, 15) is 19.2 Å². The van der Waals surface area contributed by atoms with Crippen molar-refractivity contribution < 1.29 is 24.3 Å². The van der Waals surface area contributed by atoms with Crippen LogP contribution in [0.4, 0.5) is 5.69 Å². The second-order valence-corrected chi connectivity index (χ2v) is 9.25. The number of aliphatic hydroxyl groups is 1. The van der Waals surface area contributed by atoms with Gasteiger partial charge in [0.2, 0.25) is 5.91 Å². The molecule has 0 spiro atoms. The summed E-state index contributed by atoms with van der Waals surface area (Å²) in [5.74, 6) is 0.566. The Bertz CT molecular complexity index is 785. The number of aliphatic hydroxyl groups excluding tert-OH is 1. The summed E-state index contributed by atoms with van der Waals surface area (Å²) in [5.41, 5.74) is 2.50. The Labute approximate surface area is 229 Å². The Balaban J connectivity index is -0.000000453. The van der Waals surface area contributed by atoms with Crippen LogP contribution in [0.2, 0.25) is 0 Å². The van der Waals surface area contributed by atoms with Crippen LogP contribution in [0.5, 0.6) is 0 Å². The van der Waals surface area contributed by atoms with E-state index in [0.717, 1.165) is 12.2 Å². The van der Waals surface area contributed by atoms with Crippen molar-refractivity contribution in [1.29, 1.82) is 5.26 Å². The zero-order valence-corrected chi connectivity index (χ0v) is 24.4. The number of nitriles is 1. The van der Waals surface area contributed by atoms with Gasteiger partial charge in [-0.25, -0.2) is 0 Å². The van der Waals surface area contributed by atoms with Crippen LogP contribution in [-0.2, 0) is 19.2 Å². The lowest BCUT2D eigenvalue weighted by atomic mass is 10.1. The first-order chi connectivity index (χ1) is 18.0. The van der Waals surface area contributed by atoms with Gasteiger partial charge < -0.3 is 39.9 Å². The Kier molecular flexibility index (Phi) is 27.9. The standard InChI is InChI=1S/C10H15N3O2.C8H11N.C4H10.C3H9NO.C3H4O2/c1-12(2)6-10(15)13-5-8(7-14)3-9(13)4-11;1-7-5-3-4-6-8(7)9-2;1-4(2)3;1-4-2-3-5;4-2-1-3-5/h7-9H,3,5-6H2,1-2H3;3-6,9H,1-2H3;4H,1-3H3;4-5H,2-3H2,1H3;2-3H,1H2. The summed E-state index contributed by atoms with van der Waals surface area (Å²) in [6.45, 7) is 10.2. The molecule has 10 nitrogen and oxygen atoms in total. The fraction of sp³-hybridized carbons (Fsp3) is 0.607. The van der Waals surface area contributed by atoms with E-state index in [1.165, 1.54) is 16.2 Å². The number of aldehydes is 3. The van der Waals surface area contributed by atoms with Gasteiger partial charge in [0, 0.05) is 31.7 Å². The predicted octanol–water partition coefficient (Wildman–Crippen LogP) is 2.16. The quantitative estimate of drug-likeness (QED) is 0.337. The monoisotopic (exact) mass is 535 g/mol. The van der Waals surface area contributed by atoms with Crippen LogP contribution in [-0.4, -0.2) is 100 Å². The zero-order chi connectivity index (χ0) is 29.9. The molecule has 2 rings (SSSR count). The lowest BCUT2D eigenvalue weighted by Crippen LogP contribution is -2.40. The molecular formula is C28H49N5O5. The molecule has 1 heterocycles. The van der Waals surface area contributed by atoms with E-state index in [4.69, 9.17) is 10.4 Å². The summed E-state index contributed by atoms with van der Waals surface area (Å²) in [6, 6.07) is 9.84. The average molecular weight is 536 g/mol. The number of rotatable bonds is 8. The van der Waals surface area contributed by atoms with Gasteiger partial charge in [0.25, 0.3) is 0 Å². The maximum Gasteiger partial charge on any atom is 0.237 e. The fourth-order valence-corrected chi connectivity index (χ4v) is 2.73. The molecule has 1 aliphatic heterocycles. The van der Waals surface area contributed by atoms with Crippen molar-refractivity contribution in [3.63, 3.8) is 0 Å². The second kappa shape index (κ2) is 26.9. The van der Waals surface area contributed by atoms with Crippen LogP contribution in [0.25, 0.3) is 0 Å². The molecule has 0 radical (unpaired) electrons. The molecule has 1 saturated heterocycles. The van der Waals surface area contributed by atoms with Crippen molar-refractivity contribution >= 4 is 30.5 Å². The van der Waals surface area contributed by atoms with Crippen molar-refractivity contribution in [2.75, 3.05) is 59.7 Å². The predicted molar refractivity (Wildman–Crippen MR) is 153 cm³/mol. The third kappa shape index (κ3) is 23.3. The van der Waals surface area contributed by atoms with Gasteiger partial charge in [0.1, 0.15) is 24.9 Å². The number of nitrogens with zero attached hydrogens (tertiary/aromatic N) is 3. The molecule has 1 amide bonds. The Morgan fingerprint density at radius 1 is 1.18 bits per heavy atom. The van der Waals surface area contributed by atoms with E-state index in [-0.39, 0.29) is 31.4 Å². The van der Waals surface area contributed by atoms with Crippen molar-refractivity contribution in [2.24, 2.45) is 11.8 Å². The molecule has 1 fully saturated rings. The van der Waals surface area contributed by atoms with Crippen LogP contribution in [0.1, 0.15) is 39.2 Å². The normalized spacial score (nSPS) is 15.1. The minimum atomic E-state index is -0.437. The molecule has 0 aromatic heterocycles. The van der Waals surface area contributed by atoms with E-state index in [1.54, 1.807) is 26.0 Å². The molecule has 216 valence electrons. The van der Waals surface area contributed by atoms with Crippen LogP contribution in [0.3, 0.4) is 0 Å². The number of amides is 1. The van der Waals surface area contributed by atoms with E-state index in [0.29, 0.717) is 32.1 Å². The van der Waals surface area contributed by atoms with Gasteiger partial charge in [0.05, 0.1) is 25.6 Å². The van der Waals surface area contributed by atoms with Gasteiger partial charge >= 0.3 is 0 Å². The van der Waals surface area contributed by atoms with Gasteiger partial charge in [-0.05, 0) is 52.0 Å². The lowest BCUT2D eigenvalue weighted by molar-refractivity contribution is -0.132. The van der Waals surface area contributed by atoms with Crippen molar-refractivity contribution in [1.82, 2.24) is 15.1 Å². The first-order valence-electron chi connectivity index (χ1n) is 12.6. The summed E-state index contributed by atoms with van der Waals surface area (Å²) in [5, 5.41) is 22.7. The highest BCUT2D eigenvalue weighted by Crippen LogP contribution is 2.21. The van der Waals surface area contributed by atoms with Gasteiger partial charge in [-0.15, -0.1) is 0 Å². The van der Waals surface area contributed by atoms with Crippen LogP contribution in [0, 0.1) is 30.1 Å². The van der Waals surface area contributed by atoms with Crippen molar-refractivity contribution in [3.05, 3.63) is 29.8 Å². The molecule has 2 atom stereocenters. The largest absolute Gasteiger partial charge is 0.395 e. The van der Waals surface area contributed by atoms with E-state index >= 15 is 0 Å². The third-order valence-corrected chi connectivity index (χ3v) is 4.42. The topological polar surface area (TPSA) is 143 Å². The summed E-state index contributed by atoms with van der Waals surface area (Å²) < 4.78 is 0. The number of likely N-dealkylation sites (tertiary alicyclic amines) is 1. The highest BCUT2D eigenvalue weighted by atomic mass is 16.3. The fourth-order valence-electron chi connectivity index (χ4n) is 2.73. The molecule has 10 heteroatoms. The van der Waals surface area contributed by atoms with Crippen LogP contribution >= 0.6 is 0 Å². The molecule has 2 unspecified atom stereocenters. The summed E-state index contributed by atoms with van der Waals surface area (Å²) in [7, 11) is 7.33. The summed E-state index contributed by atoms with van der Waals surface area (Å²) in [4.78, 5) is 43.9. The number of nitrogens with one attached hydrogen (secondary N) is 2. The smallest absolute Gasteiger partial charge is 0.237 e. The molecule has 1 aromatic rings. The van der Waals surface area contributed by atoms with Gasteiger partial charge in [-0.2, -0.15) is 5.26 Å². The number of aryl methyl sites for hydroxylation is 1. The number of likely N-dealkylation sites (N-methyl/N-ethyl adjacent to an activating group) is 2. The number of carbonyl (C=O) groups excluding carboxylic acids is 4. The molecule has 38 heavy (non-hydrogen) atoms. The van der Waals surface area contributed by atoms with E-state index in [1.807, 2.05) is 19.2 Å². The number of carbonyl (C=O) groups is 4. The Hall–Kier alpha value is -3.13. The number of hydrogen-bond acceptors (Lipinski definition) is 9. The van der Waals surface area contributed by atoms with Crippen LogP contribution in [0.15, 0.2) is 24.3 Å². The number of benzene rings is 1. The van der Waals surface area contributed by atoms with Crippen molar-refractivity contribution in [2.45, 2.75) is 46.6 Å². The van der Waals surface area contributed by atoms with Crippen molar-refractivity contribution in [3.8, 4) is 6.07 Å². The maximum atomic E-state index is 11.7. The van der Waals surface area contributed by atoms with E-state index < -0.39 is 6.04 Å². The lowest BCUT2D eigenvalue weighted by Gasteiger charge is -2.21. The average Bonchev–Trinajstić information content (AvgIpc) is 3.30. The zero-order valence-electron chi connectivity index (χ0n) is 24.4. The van der Waals surface area contributed by atoms with Gasteiger partial charge in [-0.1, -0.05) is 39.0 Å². The molecule has 0 aliphatic carbocycles. The number of hydrogen-bond donors (Lipinski definition) is 3. The first kappa shape index (κ1) is 39.4. The maximum absolute atomic E-state index is 11.7. The third-order valence-electron chi connectivity index (χ3n) is 4.42. The molecule has 0 bridgehead atoms. The Morgan fingerprint density at radius 3 is 2.03 bits per heavy atom. The number of anilines is 1. The molecule has 3 N–H and O–H groups in total. The van der Waals surface area contributed by atoms with E-state index in [2.05, 4.69) is 56.5 Å². The second-order valence-electron chi connectivity index (χ2n) is 9.25. The minimum absolute atomic E-state index is 0.0278. The molecule has 1 aliphatic rings. The highest BCUT2D eigenvalue weighted by molar-refractivity contribution is 5.80. The Morgan fingerprint density at radius 2 is 1.74 bits per heavy atom. The minimum Gasteiger partial charge on any atom is -0.395 e. The molecule has 1 aromatic carbocycles. The van der Waals surface area contributed by atoms with Gasteiger partial charge in [0.15, 0.2) is 0 Å².